The Morgan fingerprint density at radius 2 is 2.62 bits per heavy atom. The lowest BCUT2D eigenvalue weighted by Gasteiger charge is -1.84. The molecular weight excluding hydrogens is 102 g/mol. The van der Waals surface area contributed by atoms with Crippen LogP contribution in [0.4, 0.5) is 0 Å². The molecule has 0 radical (unpaired) electrons. The predicted octanol–water partition coefficient (Wildman–Crippen LogP) is 0.797. The number of hydrogen-bond donors (Lipinski definition) is 2. The third kappa shape index (κ3) is 0.753. The largest absolute Gasteiger partial charge is 0.344 e. The van der Waals surface area contributed by atoms with E-state index in [2.05, 4.69) is 9.97 Å². The Kier molecular flexibility index (Phi) is 1.12. The molecule has 2 N–H and O–H groups in total. The van der Waals surface area contributed by atoms with Gasteiger partial charge in [0.15, 0.2) is 0 Å². The lowest BCUT2D eigenvalue weighted by Crippen LogP contribution is -1.89. The Labute approximate surface area is 47.3 Å². The van der Waals surface area contributed by atoms with Crippen molar-refractivity contribution < 1.29 is 0 Å². The van der Waals surface area contributed by atoms with E-state index in [9.17, 15) is 0 Å². The average Bonchev–Trinajstić information content (AvgIpc) is 2.12. The van der Waals surface area contributed by atoms with Gasteiger partial charge in [-0.15, -0.1) is 0 Å². The van der Waals surface area contributed by atoms with Crippen molar-refractivity contribution in [3.8, 4) is 0 Å². The molecule has 1 aromatic heterocycles. The third-order valence-corrected chi connectivity index (χ3v) is 0.902. The molecule has 1 rings (SSSR count). The summed E-state index contributed by atoms with van der Waals surface area (Å²) in [6.07, 6.45) is 3.19. The molecule has 0 amide bonds. The van der Waals surface area contributed by atoms with Gasteiger partial charge >= 0.3 is 0 Å². The Balaban J connectivity index is 2.93. The maximum Gasteiger partial charge on any atom is 0.0924 e. The molecule has 0 saturated heterocycles. The van der Waals surface area contributed by atoms with Crippen molar-refractivity contribution in [3.63, 3.8) is 0 Å². The first-order valence-electron chi connectivity index (χ1n) is 2.34. The van der Waals surface area contributed by atoms with E-state index in [1.165, 1.54) is 0 Å². The van der Waals surface area contributed by atoms with Gasteiger partial charge < -0.3 is 10.4 Å². The van der Waals surface area contributed by atoms with Crippen LogP contribution in [0.2, 0.25) is 0 Å². The van der Waals surface area contributed by atoms with Crippen LogP contribution in [0.1, 0.15) is 12.6 Å². The van der Waals surface area contributed by atoms with Crippen molar-refractivity contribution >= 4 is 5.71 Å². The van der Waals surface area contributed by atoms with Crippen LogP contribution in [-0.4, -0.2) is 15.7 Å². The fourth-order valence-corrected chi connectivity index (χ4v) is 0.461. The van der Waals surface area contributed by atoms with E-state index in [4.69, 9.17) is 5.41 Å². The van der Waals surface area contributed by atoms with Gasteiger partial charge in [0.1, 0.15) is 0 Å². The standard InChI is InChI=1S/C5H7N3/c1-4(6)5-2-7-3-8-5/h2-3,6H,1H3,(H,7,8). The second kappa shape index (κ2) is 1.78. The SMILES string of the molecule is CC(=N)c1cnc[nH]1. The summed E-state index contributed by atoms with van der Waals surface area (Å²) in [5.74, 6) is 0. The maximum atomic E-state index is 7.08. The van der Waals surface area contributed by atoms with Gasteiger partial charge in [0.05, 0.1) is 23.9 Å². The molecule has 8 heavy (non-hydrogen) atoms. The molecule has 0 aliphatic heterocycles. The summed E-state index contributed by atoms with van der Waals surface area (Å²) in [6.45, 7) is 1.72. The topological polar surface area (TPSA) is 52.5 Å². The molecule has 0 aliphatic carbocycles. The van der Waals surface area contributed by atoms with Crippen LogP contribution in [0.3, 0.4) is 0 Å². The fraction of sp³-hybridized carbons (Fsp3) is 0.200. The van der Waals surface area contributed by atoms with Gasteiger partial charge in [-0.3, -0.25) is 0 Å². The van der Waals surface area contributed by atoms with Crippen molar-refractivity contribution in [2.45, 2.75) is 6.92 Å². The molecule has 3 heteroatoms. The van der Waals surface area contributed by atoms with Crippen LogP contribution >= 0.6 is 0 Å². The monoisotopic (exact) mass is 109 g/mol. The van der Waals surface area contributed by atoms with Crippen molar-refractivity contribution in [2.75, 3.05) is 0 Å². The quantitative estimate of drug-likeness (QED) is 0.515. The van der Waals surface area contributed by atoms with Gasteiger partial charge in [-0.05, 0) is 6.92 Å². The fourth-order valence-electron chi connectivity index (χ4n) is 0.461. The molecule has 0 unspecified atom stereocenters. The number of nitrogens with zero attached hydrogens (tertiary/aromatic N) is 1. The van der Waals surface area contributed by atoms with Crippen molar-refractivity contribution in [3.05, 3.63) is 18.2 Å². The highest BCUT2D eigenvalue weighted by Crippen LogP contribution is 1.89. The minimum Gasteiger partial charge on any atom is -0.344 e. The number of H-pyrrole nitrogens is 1. The summed E-state index contributed by atoms with van der Waals surface area (Å²) in [5.41, 5.74) is 1.30. The minimum atomic E-state index is 0.516. The molecule has 3 nitrogen and oxygen atoms in total. The Morgan fingerprint density at radius 3 is 2.88 bits per heavy atom. The van der Waals surface area contributed by atoms with E-state index in [0.717, 1.165) is 5.69 Å². The summed E-state index contributed by atoms with van der Waals surface area (Å²) in [4.78, 5) is 6.55. The first-order valence-corrected chi connectivity index (χ1v) is 2.34. The summed E-state index contributed by atoms with van der Waals surface area (Å²) in [6, 6.07) is 0. The first kappa shape index (κ1) is 5.03. The smallest absolute Gasteiger partial charge is 0.0924 e. The van der Waals surface area contributed by atoms with Crippen LogP contribution in [0, 0.1) is 5.41 Å². The number of imidazole rings is 1. The molecule has 0 atom stereocenters. The summed E-state index contributed by atoms with van der Waals surface area (Å²) >= 11 is 0. The van der Waals surface area contributed by atoms with E-state index in [0.29, 0.717) is 5.71 Å². The lowest BCUT2D eigenvalue weighted by atomic mass is 10.3. The lowest BCUT2D eigenvalue weighted by molar-refractivity contribution is 1.29. The van der Waals surface area contributed by atoms with Crippen LogP contribution < -0.4 is 0 Å². The van der Waals surface area contributed by atoms with Gasteiger partial charge in [-0.2, -0.15) is 0 Å². The highest BCUT2D eigenvalue weighted by molar-refractivity contribution is 5.93. The highest BCUT2D eigenvalue weighted by Gasteiger charge is 1.91. The van der Waals surface area contributed by atoms with E-state index in [1.807, 2.05) is 0 Å². The molecule has 42 valence electrons. The Hall–Kier alpha value is -1.12. The Bertz CT molecular complexity index is 176. The second-order valence-electron chi connectivity index (χ2n) is 1.59. The molecular formula is C5H7N3. The normalized spacial score (nSPS) is 9.12. The van der Waals surface area contributed by atoms with Gasteiger partial charge in [0.25, 0.3) is 0 Å². The molecule has 0 aliphatic rings. The maximum absolute atomic E-state index is 7.08. The van der Waals surface area contributed by atoms with E-state index in [1.54, 1.807) is 19.4 Å². The van der Waals surface area contributed by atoms with Gasteiger partial charge in [-0.1, -0.05) is 0 Å². The minimum absolute atomic E-state index is 0.516. The Morgan fingerprint density at radius 1 is 1.88 bits per heavy atom. The third-order valence-electron chi connectivity index (χ3n) is 0.902. The predicted molar refractivity (Wildman–Crippen MR) is 31.1 cm³/mol. The molecule has 0 fully saturated rings. The summed E-state index contributed by atoms with van der Waals surface area (Å²) in [5, 5.41) is 7.08. The van der Waals surface area contributed by atoms with E-state index >= 15 is 0 Å². The summed E-state index contributed by atoms with van der Waals surface area (Å²) < 4.78 is 0. The highest BCUT2D eigenvalue weighted by atomic mass is 14.9. The summed E-state index contributed by atoms with van der Waals surface area (Å²) in [7, 11) is 0. The van der Waals surface area contributed by atoms with E-state index < -0.39 is 0 Å². The second-order valence-corrected chi connectivity index (χ2v) is 1.59. The number of rotatable bonds is 1. The zero-order valence-corrected chi connectivity index (χ0v) is 4.60. The van der Waals surface area contributed by atoms with E-state index in [-0.39, 0.29) is 0 Å². The zero-order chi connectivity index (χ0) is 5.98. The molecule has 0 aromatic carbocycles. The van der Waals surface area contributed by atoms with Crippen LogP contribution in [0.5, 0.6) is 0 Å². The molecule has 0 spiro atoms. The van der Waals surface area contributed by atoms with Crippen LogP contribution in [0.25, 0.3) is 0 Å². The zero-order valence-electron chi connectivity index (χ0n) is 4.60. The first-order chi connectivity index (χ1) is 3.80. The molecule has 0 bridgehead atoms. The van der Waals surface area contributed by atoms with Crippen molar-refractivity contribution in [2.24, 2.45) is 0 Å². The van der Waals surface area contributed by atoms with Gasteiger partial charge in [0.2, 0.25) is 0 Å². The average molecular weight is 109 g/mol. The van der Waals surface area contributed by atoms with Crippen molar-refractivity contribution in [1.82, 2.24) is 9.97 Å². The van der Waals surface area contributed by atoms with Crippen molar-refractivity contribution in [1.29, 1.82) is 5.41 Å². The van der Waals surface area contributed by atoms with Gasteiger partial charge in [0, 0.05) is 0 Å². The number of aromatic nitrogens is 2. The molecule has 0 saturated carbocycles. The number of hydrogen-bond acceptors (Lipinski definition) is 2. The number of aromatic amines is 1. The van der Waals surface area contributed by atoms with Crippen LogP contribution in [0.15, 0.2) is 12.5 Å². The van der Waals surface area contributed by atoms with Crippen LogP contribution in [-0.2, 0) is 0 Å². The number of nitrogens with one attached hydrogen (secondary N) is 2. The van der Waals surface area contributed by atoms with Gasteiger partial charge in [-0.25, -0.2) is 4.98 Å². The molecule has 1 heterocycles. The molecule has 1 aromatic rings.